The van der Waals surface area contributed by atoms with Crippen LogP contribution in [0.3, 0.4) is 0 Å². The zero-order valence-corrected chi connectivity index (χ0v) is 11.7. The first-order valence-electron chi connectivity index (χ1n) is 6.32. The van der Waals surface area contributed by atoms with Crippen molar-refractivity contribution in [3.05, 3.63) is 77.2 Å². The molecular weight excluding hydrogens is 288 g/mol. The molecule has 1 aromatic heterocycles. The van der Waals surface area contributed by atoms with E-state index >= 15 is 0 Å². The molecule has 0 saturated carbocycles. The number of fused-ring (bicyclic) bond motifs is 1. The van der Waals surface area contributed by atoms with E-state index in [1.807, 2.05) is 36.4 Å². The molecule has 3 rings (SSSR count). The average molecular weight is 299 g/mol. The van der Waals surface area contributed by atoms with Gasteiger partial charge in [-0.2, -0.15) is 0 Å². The van der Waals surface area contributed by atoms with Crippen molar-refractivity contribution in [2.75, 3.05) is 0 Å². The largest absolute Gasteiger partial charge is 0.478 e. The van der Waals surface area contributed by atoms with Crippen LogP contribution < -0.4 is 0 Å². The molecule has 0 aliphatic rings. The van der Waals surface area contributed by atoms with Crippen LogP contribution in [-0.2, 0) is 4.79 Å². The molecule has 1 N–H and O–H groups in total. The summed E-state index contributed by atoms with van der Waals surface area (Å²) in [5.41, 5.74) is 1.31. The Hall–Kier alpha value is -2.52. The van der Waals surface area contributed by atoms with Crippen molar-refractivity contribution in [3.8, 4) is 0 Å². The lowest BCUT2D eigenvalue weighted by Gasteiger charge is -2.05. The van der Waals surface area contributed by atoms with Crippen molar-refractivity contribution in [1.82, 2.24) is 0 Å². The lowest BCUT2D eigenvalue weighted by molar-refractivity contribution is -0.131. The maximum atomic E-state index is 11.1. The van der Waals surface area contributed by atoms with Crippen LogP contribution in [0.2, 0.25) is 5.02 Å². The highest BCUT2D eigenvalue weighted by molar-refractivity contribution is 6.31. The Bertz CT molecular complexity index is 832. The van der Waals surface area contributed by atoms with Crippen LogP contribution in [0.5, 0.6) is 0 Å². The van der Waals surface area contributed by atoms with Gasteiger partial charge in [0.25, 0.3) is 0 Å². The Morgan fingerprint density at radius 1 is 1.14 bits per heavy atom. The van der Waals surface area contributed by atoms with E-state index in [0.29, 0.717) is 16.4 Å². The number of aliphatic carboxylic acids is 1. The third-order valence-electron chi connectivity index (χ3n) is 3.16. The molecule has 0 fully saturated rings. The Labute approximate surface area is 126 Å². The van der Waals surface area contributed by atoms with Gasteiger partial charge in [0.15, 0.2) is 0 Å². The predicted molar refractivity (Wildman–Crippen MR) is 82.4 cm³/mol. The molecule has 0 amide bonds. The zero-order chi connectivity index (χ0) is 14.8. The van der Waals surface area contributed by atoms with Crippen molar-refractivity contribution in [3.63, 3.8) is 0 Å². The van der Waals surface area contributed by atoms with E-state index < -0.39 is 5.97 Å². The van der Waals surface area contributed by atoms with Gasteiger partial charge in [0.2, 0.25) is 0 Å². The highest BCUT2D eigenvalue weighted by Gasteiger charge is 2.14. The minimum atomic E-state index is -1.02. The second-order valence-corrected chi connectivity index (χ2v) is 5.00. The Balaban J connectivity index is 2.23. The molecule has 0 saturated heterocycles. The SMILES string of the molecule is O=C(O)C=C(c1ccccc1)c1occ2cc(Cl)ccc12. The third kappa shape index (κ3) is 2.69. The Morgan fingerprint density at radius 2 is 1.90 bits per heavy atom. The first kappa shape index (κ1) is 13.5. The number of furan rings is 1. The number of carbonyl (C=O) groups is 1. The van der Waals surface area contributed by atoms with Crippen molar-refractivity contribution in [2.24, 2.45) is 0 Å². The fourth-order valence-corrected chi connectivity index (χ4v) is 2.43. The third-order valence-corrected chi connectivity index (χ3v) is 3.39. The van der Waals surface area contributed by atoms with Crippen LogP contribution in [0, 0.1) is 0 Å². The van der Waals surface area contributed by atoms with Crippen molar-refractivity contribution in [1.29, 1.82) is 0 Å². The molecular formula is C17H11ClO3. The smallest absolute Gasteiger partial charge is 0.329 e. The standard InChI is InChI=1S/C17H11ClO3/c18-13-6-7-14-12(8-13)10-21-17(14)15(9-16(19)20)11-4-2-1-3-5-11/h1-10H,(H,19,20). The van der Waals surface area contributed by atoms with E-state index in [4.69, 9.17) is 21.1 Å². The predicted octanol–water partition coefficient (Wildman–Crippen LogP) is 4.60. The minimum Gasteiger partial charge on any atom is -0.478 e. The van der Waals surface area contributed by atoms with Gasteiger partial charge in [0.1, 0.15) is 5.76 Å². The maximum Gasteiger partial charge on any atom is 0.329 e. The van der Waals surface area contributed by atoms with Gasteiger partial charge in [0.05, 0.1) is 6.26 Å². The monoisotopic (exact) mass is 298 g/mol. The molecule has 3 aromatic rings. The number of carboxylic acids is 1. The summed E-state index contributed by atoms with van der Waals surface area (Å²) in [6.45, 7) is 0. The summed E-state index contributed by atoms with van der Waals surface area (Å²) in [6.07, 6.45) is 2.73. The summed E-state index contributed by atoms with van der Waals surface area (Å²) in [6, 6.07) is 14.6. The van der Waals surface area contributed by atoms with Crippen LogP contribution in [0.4, 0.5) is 0 Å². The van der Waals surface area contributed by atoms with Gasteiger partial charge in [0, 0.05) is 27.4 Å². The number of hydrogen-bond donors (Lipinski definition) is 1. The summed E-state index contributed by atoms with van der Waals surface area (Å²) in [7, 11) is 0. The van der Waals surface area contributed by atoms with Gasteiger partial charge >= 0.3 is 5.97 Å². The summed E-state index contributed by atoms with van der Waals surface area (Å²) in [4.78, 5) is 11.1. The molecule has 0 atom stereocenters. The lowest BCUT2D eigenvalue weighted by atomic mass is 10.0. The van der Waals surface area contributed by atoms with E-state index in [1.54, 1.807) is 18.4 Å². The number of benzene rings is 2. The van der Waals surface area contributed by atoms with Crippen LogP contribution in [0.25, 0.3) is 16.3 Å². The molecule has 0 spiro atoms. The second-order valence-electron chi connectivity index (χ2n) is 4.56. The van der Waals surface area contributed by atoms with E-state index in [-0.39, 0.29) is 0 Å². The number of hydrogen-bond acceptors (Lipinski definition) is 2. The van der Waals surface area contributed by atoms with Crippen molar-refractivity contribution >= 4 is 33.9 Å². The molecule has 4 heteroatoms. The van der Waals surface area contributed by atoms with Crippen molar-refractivity contribution in [2.45, 2.75) is 0 Å². The fraction of sp³-hybridized carbons (Fsp3) is 0. The van der Waals surface area contributed by atoms with Gasteiger partial charge in [-0.05, 0) is 23.8 Å². The van der Waals surface area contributed by atoms with E-state index in [2.05, 4.69) is 0 Å². The van der Waals surface area contributed by atoms with Gasteiger partial charge in [-0.25, -0.2) is 4.79 Å². The van der Waals surface area contributed by atoms with E-state index in [0.717, 1.165) is 22.4 Å². The van der Waals surface area contributed by atoms with Crippen LogP contribution >= 0.6 is 11.6 Å². The van der Waals surface area contributed by atoms with Gasteiger partial charge in [-0.15, -0.1) is 0 Å². The molecule has 0 aliphatic carbocycles. The molecule has 3 nitrogen and oxygen atoms in total. The Morgan fingerprint density at radius 3 is 2.62 bits per heavy atom. The molecule has 2 aromatic carbocycles. The molecule has 1 heterocycles. The molecule has 21 heavy (non-hydrogen) atoms. The average Bonchev–Trinajstić information content (AvgIpc) is 2.88. The summed E-state index contributed by atoms with van der Waals surface area (Å²) < 4.78 is 5.60. The van der Waals surface area contributed by atoms with Gasteiger partial charge in [-0.1, -0.05) is 41.9 Å². The molecule has 0 unspecified atom stereocenters. The molecule has 0 radical (unpaired) electrons. The quantitative estimate of drug-likeness (QED) is 0.719. The minimum absolute atomic E-state index is 0.523. The van der Waals surface area contributed by atoms with Gasteiger partial charge < -0.3 is 9.52 Å². The molecule has 104 valence electrons. The number of rotatable bonds is 3. The fourth-order valence-electron chi connectivity index (χ4n) is 2.25. The highest BCUT2D eigenvalue weighted by atomic mass is 35.5. The van der Waals surface area contributed by atoms with Crippen LogP contribution in [0.1, 0.15) is 11.3 Å². The lowest BCUT2D eigenvalue weighted by Crippen LogP contribution is -1.94. The summed E-state index contributed by atoms with van der Waals surface area (Å²) in [5.74, 6) is -0.498. The second kappa shape index (κ2) is 5.46. The van der Waals surface area contributed by atoms with Crippen molar-refractivity contribution < 1.29 is 14.3 Å². The topological polar surface area (TPSA) is 50.4 Å². The highest BCUT2D eigenvalue weighted by Crippen LogP contribution is 2.32. The first-order valence-corrected chi connectivity index (χ1v) is 6.70. The molecule has 0 aliphatic heterocycles. The van der Waals surface area contributed by atoms with Crippen LogP contribution in [0.15, 0.2) is 65.3 Å². The zero-order valence-electron chi connectivity index (χ0n) is 10.9. The first-order chi connectivity index (χ1) is 10.1. The van der Waals surface area contributed by atoms with E-state index in [1.165, 1.54) is 0 Å². The number of carboxylic acid groups (broad SMARTS) is 1. The summed E-state index contributed by atoms with van der Waals surface area (Å²) >= 11 is 5.96. The van der Waals surface area contributed by atoms with E-state index in [9.17, 15) is 4.79 Å². The van der Waals surface area contributed by atoms with Gasteiger partial charge in [-0.3, -0.25) is 0 Å². The molecule has 0 bridgehead atoms. The maximum absolute atomic E-state index is 11.1. The van der Waals surface area contributed by atoms with Crippen LogP contribution in [-0.4, -0.2) is 11.1 Å². The Kier molecular flexibility index (Phi) is 3.50. The number of halogens is 1. The normalized spacial score (nSPS) is 11.8. The summed E-state index contributed by atoms with van der Waals surface area (Å²) in [5, 5.41) is 11.4.